The summed E-state index contributed by atoms with van der Waals surface area (Å²) in [7, 11) is 0. The minimum atomic E-state index is -0.418. The Labute approximate surface area is 105 Å². The molecule has 2 rings (SSSR count). The van der Waals surface area contributed by atoms with Crippen LogP contribution in [0.15, 0.2) is 12.4 Å². The molecule has 0 radical (unpaired) electrons. The summed E-state index contributed by atoms with van der Waals surface area (Å²) < 4.78 is 0. The normalized spacial score (nSPS) is 16.7. The van der Waals surface area contributed by atoms with Gasteiger partial charge in [0, 0.05) is 18.4 Å². The summed E-state index contributed by atoms with van der Waals surface area (Å²) >= 11 is 0. The van der Waals surface area contributed by atoms with Crippen molar-refractivity contribution in [3.05, 3.63) is 18.2 Å². The SMILES string of the molecule is CC(C)(C)c1ncc(N2CCC(=O)NC2=O)cn1. The summed E-state index contributed by atoms with van der Waals surface area (Å²) in [5, 5.41) is 2.27. The summed E-state index contributed by atoms with van der Waals surface area (Å²) in [6.45, 7) is 6.43. The Morgan fingerprint density at radius 1 is 1.22 bits per heavy atom. The first-order chi connectivity index (χ1) is 8.38. The highest BCUT2D eigenvalue weighted by atomic mass is 16.2. The van der Waals surface area contributed by atoms with Gasteiger partial charge in [-0.1, -0.05) is 20.8 Å². The van der Waals surface area contributed by atoms with Crippen molar-refractivity contribution in [3.63, 3.8) is 0 Å². The van der Waals surface area contributed by atoms with Gasteiger partial charge in [0.15, 0.2) is 0 Å². The third-order valence-corrected chi connectivity index (χ3v) is 2.67. The summed E-state index contributed by atoms with van der Waals surface area (Å²) in [6, 6.07) is -0.418. The zero-order valence-corrected chi connectivity index (χ0v) is 10.7. The molecule has 1 saturated heterocycles. The van der Waals surface area contributed by atoms with E-state index in [-0.39, 0.29) is 11.3 Å². The lowest BCUT2D eigenvalue weighted by Crippen LogP contribution is -2.49. The fourth-order valence-corrected chi connectivity index (χ4v) is 1.66. The zero-order chi connectivity index (χ0) is 13.3. The first-order valence-corrected chi connectivity index (χ1v) is 5.82. The van der Waals surface area contributed by atoms with Gasteiger partial charge in [-0.15, -0.1) is 0 Å². The van der Waals surface area contributed by atoms with Gasteiger partial charge in [-0.2, -0.15) is 0 Å². The smallest absolute Gasteiger partial charge is 0.291 e. The van der Waals surface area contributed by atoms with Crippen molar-refractivity contribution >= 4 is 17.6 Å². The van der Waals surface area contributed by atoms with E-state index < -0.39 is 6.03 Å². The highest BCUT2D eigenvalue weighted by Crippen LogP contribution is 2.20. The minimum Gasteiger partial charge on any atom is -0.291 e. The molecule has 3 amide bonds. The molecule has 1 aromatic heterocycles. The number of hydrogen-bond donors (Lipinski definition) is 1. The number of imide groups is 1. The van der Waals surface area contributed by atoms with Gasteiger partial charge in [0.25, 0.3) is 0 Å². The number of nitrogens with zero attached hydrogens (tertiary/aromatic N) is 3. The molecular weight excluding hydrogens is 232 g/mol. The van der Waals surface area contributed by atoms with Crippen LogP contribution < -0.4 is 10.2 Å². The molecule has 0 unspecified atom stereocenters. The quantitative estimate of drug-likeness (QED) is 0.810. The lowest BCUT2D eigenvalue weighted by molar-refractivity contribution is -0.120. The van der Waals surface area contributed by atoms with Gasteiger partial charge in [-0.05, 0) is 0 Å². The van der Waals surface area contributed by atoms with Crippen LogP contribution in [0.3, 0.4) is 0 Å². The zero-order valence-electron chi connectivity index (χ0n) is 10.7. The van der Waals surface area contributed by atoms with Crippen LogP contribution in [0.2, 0.25) is 0 Å². The van der Waals surface area contributed by atoms with Gasteiger partial charge < -0.3 is 0 Å². The van der Waals surface area contributed by atoms with Crippen molar-refractivity contribution in [2.45, 2.75) is 32.6 Å². The van der Waals surface area contributed by atoms with Crippen molar-refractivity contribution in [3.8, 4) is 0 Å². The standard InChI is InChI=1S/C12H16N4O2/c1-12(2,3)10-13-6-8(7-14-10)16-5-4-9(17)15-11(16)18/h6-7H,4-5H2,1-3H3,(H,15,17,18). The predicted molar refractivity (Wildman–Crippen MR) is 66.2 cm³/mol. The Morgan fingerprint density at radius 2 is 1.83 bits per heavy atom. The number of hydrogen-bond acceptors (Lipinski definition) is 4. The lowest BCUT2D eigenvalue weighted by Gasteiger charge is -2.26. The predicted octanol–water partition coefficient (Wildman–Crippen LogP) is 1.22. The number of nitrogens with one attached hydrogen (secondary N) is 1. The molecule has 1 aliphatic heterocycles. The molecule has 0 saturated carbocycles. The molecule has 0 aromatic carbocycles. The van der Waals surface area contributed by atoms with Crippen molar-refractivity contribution in [1.82, 2.24) is 15.3 Å². The van der Waals surface area contributed by atoms with E-state index >= 15 is 0 Å². The topological polar surface area (TPSA) is 75.2 Å². The molecule has 0 aliphatic carbocycles. The highest BCUT2D eigenvalue weighted by molar-refractivity contribution is 6.05. The Morgan fingerprint density at radius 3 is 2.33 bits per heavy atom. The van der Waals surface area contributed by atoms with Crippen molar-refractivity contribution in [2.24, 2.45) is 0 Å². The summed E-state index contributed by atoms with van der Waals surface area (Å²) in [4.78, 5) is 32.7. The number of carbonyl (C=O) groups is 2. The number of anilines is 1. The molecular formula is C12H16N4O2. The second-order valence-electron chi connectivity index (χ2n) is 5.27. The fraction of sp³-hybridized carbons (Fsp3) is 0.500. The van der Waals surface area contributed by atoms with Crippen LogP contribution in [0.5, 0.6) is 0 Å². The largest absolute Gasteiger partial charge is 0.328 e. The Hall–Kier alpha value is -1.98. The van der Waals surface area contributed by atoms with Gasteiger partial charge in [0.05, 0.1) is 18.1 Å². The van der Waals surface area contributed by atoms with E-state index in [2.05, 4.69) is 15.3 Å². The van der Waals surface area contributed by atoms with E-state index in [1.165, 1.54) is 4.90 Å². The Kier molecular flexibility index (Phi) is 3.02. The Balaban J connectivity index is 2.20. The van der Waals surface area contributed by atoms with Crippen LogP contribution >= 0.6 is 0 Å². The third-order valence-electron chi connectivity index (χ3n) is 2.67. The molecule has 18 heavy (non-hydrogen) atoms. The maximum atomic E-state index is 11.6. The molecule has 96 valence electrons. The molecule has 6 nitrogen and oxygen atoms in total. The fourth-order valence-electron chi connectivity index (χ4n) is 1.66. The van der Waals surface area contributed by atoms with E-state index in [0.29, 0.717) is 18.7 Å². The van der Waals surface area contributed by atoms with Crippen molar-refractivity contribution in [1.29, 1.82) is 0 Å². The van der Waals surface area contributed by atoms with Crippen molar-refractivity contribution < 1.29 is 9.59 Å². The number of carbonyl (C=O) groups excluding carboxylic acids is 2. The minimum absolute atomic E-state index is 0.126. The second kappa shape index (κ2) is 4.36. The first kappa shape index (κ1) is 12.5. The number of amides is 3. The molecule has 0 bridgehead atoms. The van der Waals surface area contributed by atoms with Crippen LogP contribution in [-0.4, -0.2) is 28.5 Å². The van der Waals surface area contributed by atoms with Gasteiger partial charge in [0.2, 0.25) is 5.91 Å². The molecule has 1 fully saturated rings. The number of aromatic nitrogens is 2. The van der Waals surface area contributed by atoms with E-state index in [1.807, 2.05) is 20.8 Å². The first-order valence-electron chi connectivity index (χ1n) is 5.82. The van der Waals surface area contributed by atoms with E-state index in [0.717, 1.165) is 5.82 Å². The van der Waals surface area contributed by atoms with E-state index in [9.17, 15) is 9.59 Å². The molecule has 2 heterocycles. The third kappa shape index (κ3) is 2.47. The van der Waals surface area contributed by atoms with E-state index in [1.54, 1.807) is 12.4 Å². The summed E-state index contributed by atoms with van der Waals surface area (Å²) in [5.41, 5.74) is 0.478. The average Bonchev–Trinajstić information content (AvgIpc) is 2.28. The Bertz CT molecular complexity index is 476. The molecule has 6 heteroatoms. The van der Waals surface area contributed by atoms with Gasteiger partial charge >= 0.3 is 6.03 Å². The van der Waals surface area contributed by atoms with Crippen LogP contribution in [0.4, 0.5) is 10.5 Å². The number of rotatable bonds is 1. The lowest BCUT2D eigenvalue weighted by atomic mass is 9.96. The van der Waals surface area contributed by atoms with Crippen LogP contribution in [0, 0.1) is 0 Å². The van der Waals surface area contributed by atoms with Gasteiger partial charge in [-0.25, -0.2) is 14.8 Å². The second-order valence-corrected chi connectivity index (χ2v) is 5.27. The van der Waals surface area contributed by atoms with E-state index in [4.69, 9.17) is 0 Å². The van der Waals surface area contributed by atoms with Crippen LogP contribution in [0.1, 0.15) is 33.0 Å². The van der Waals surface area contributed by atoms with Crippen LogP contribution in [0.25, 0.3) is 0 Å². The molecule has 0 atom stereocenters. The average molecular weight is 248 g/mol. The summed E-state index contributed by atoms with van der Waals surface area (Å²) in [5.74, 6) is 0.475. The maximum Gasteiger partial charge on any atom is 0.328 e. The molecule has 1 aliphatic rings. The van der Waals surface area contributed by atoms with Gasteiger partial charge in [0.1, 0.15) is 5.82 Å². The van der Waals surface area contributed by atoms with Gasteiger partial charge in [-0.3, -0.25) is 15.0 Å². The molecule has 0 spiro atoms. The van der Waals surface area contributed by atoms with Crippen molar-refractivity contribution in [2.75, 3.05) is 11.4 Å². The molecule has 1 N–H and O–H groups in total. The maximum absolute atomic E-state index is 11.6. The monoisotopic (exact) mass is 248 g/mol. The van der Waals surface area contributed by atoms with Crippen LogP contribution in [-0.2, 0) is 10.2 Å². The summed E-state index contributed by atoms with van der Waals surface area (Å²) in [6.07, 6.45) is 3.53. The highest BCUT2D eigenvalue weighted by Gasteiger charge is 2.25. The number of urea groups is 1. The molecule has 1 aromatic rings.